The molecule has 0 unspecified atom stereocenters. The second-order valence-electron chi connectivity index (χ2n) is 6.76. The van der Waals surface area contributed by atoms with E-state index in [4.69, 9.17) is 0 Å². The molecule has 0 radical (unpaired) electrons. The first kappa shape index (κ1) is 19.1. The molecule has 1 aliphatic rings. The second-order valence-corrected chi connectivity index (χ2v) is 11.5. The Bertz CT molecular complexity index is 1260. The van der Waals surface area contributed by atoms with Gasteiger partial charge in [-0.25, -0.2) is 21.8 Å². The van der Waals surface area contributed by atoms with Crippen LogP contribution in [0.3, 0.4) is 0 Å². The number of aromatic nitrogens is 1. The summed E-state index contributed by atoms with van der Waals surface area (Å²) in [6, 6.07) is 12.4. The summed E-state index contributed by atoms with van der Waals surface area (Å²) in [4.78, 5) is 4.95. The molecule has 6 nitrogen and oxygen atoms in total. The predicted octanol–water partition coefficient (Wildman–Crippen LogP) is 3.20. The van der Waals surface area contributed by atoms with E-state index >= 15 is 0 Å². The van der Waals surface area contributed by atoms with Gasteiger partial charge in [0.2, 0.25) is 10.0 Å². The average molecular weight is 435 g/mol. The van der Waals surface area contributed by atoms with Gasteiger partial charge in [0, 0.05) is 29.3 Å². The quantitative estimate of drug-likeness (QED) is 0.630. The summed E-state index contributed by atoms with van der Waals surface area (Å²) >= 11 is 1.48. The normalized spacial score (nSPS) is 14.3. The van der Waals surface area contributed by atoms with E-state index in [0.717, 1.165) is 33.1 Å². The summed E-state index contributed by atoms with van der Waals surface area (Å²) in [6.07, 6.45) is 3.08. The van der Waals surface area contributed by atoms with Crippen molar-refractivity contribution in [3.8, 4) is 21.8 Å². The molecule has 28 heavy (non-hydrogen) atoms. The van der Waals surface area contributed by atoms with Crippen LogP contribution in [-0.2, 0) is 26.3 Å². The third-order valence-corrected chi connectivity index (χ3v) is 7.86. The van der Waals surface area contributed by atoms with Crippen molar-refractivity contribution in [2.75, 3.05) is 23.4 Å². The summed E-state index contributed by atoms with van der Waals surface area (Å²) in [5.41, 5.74) is 4.33. The van der Waals surface area contributed by atoms with Crippen LogP contribution in [0, 0.1) is 0 Å². The topological polar surface area (TPSA) is 84.4 Å². The van der Waals surface area contributed by atoms with Crippen LogP contribution in [0.25, 0.3) is 21.8 Å². The fraction of sp³-hybridized carbons (Fsp3) is 0.211. The Balaban J connectivity index is 1.64. The van der Waals surface area contributed by atoms with Gasteiger partial charge in [-0.15, -0.1) is 11.3 Å². The molecule has 0 bridgehead atoms. The van der Waals surface area contributed by atoms with Gasteiger partial charge in [0.1, 0.15) is 5.01 Å². The van der Waals surface area contributed by atoms with Crippen LogP contribution in [0.15, 0.2) is 52.7 Å². The van der Waals surface area contributed by atoms with E-state index in [1.165, 1.54) is 28.2 Å². The van der Waals surface area contributed by atoms with Crippen molar-refractivity contribution in [1.29, 1.82) is 0 Å². The Morgan fingerprint density at radius 2 is 1.64 bits per heavy atom. The second kappa shape index (κ2) is 6.68. The summed E-state index contributed by atoms with van der Waals surface area (Å²) in [7, 11) is -6.49. The predicted molar refractivity (Wildman–Crippen MR) is 112 cm³/mol. The molecule has 0 spiro atoms. The number of fused-ring (bicyclic) bond motifs is 1. The lowest BCUT2D eigenvalue weighted by atomic mass is 10.1. The van der Waals surface area contributed by atoms with Crippen molar-refractivity contribution < 1.29 is 16.8 Å². The zero-order chi connectivity index (χ0) is 20.1. The van der Waals surface area contributed by atoms with E-state index in [2.05, 4.69) is 4.98 Å². The van der Waals surface area contributed by atoms with Gasteiger partial charge in [-0.1, -0.05) is 18.2 Å². The van der Waals surface area contributed by atoms with Gasteiger partial charge in [-0.3, -0.25) is 4.31 Å². The van der Waals surface area contributed by atoms with E-state index in [-0.39, 0.29) is 4.90 Å². The van der Waals surface area contributed by atoms with E-state index in [0.29, 0.717) is 13.0 Å². The summed E-state index contributed by atoms with van der Waals surface area (Å²) < 4.78 is 48.4. The molecular weight excluding hydrogens is 416 g/mol. The number of hydrogen-bond acceptors (Lipinski definition) is 6. The number of nitrogens with zero attached hydrogens (tertiary/aromatic N) is 2. The number of hydrogen-bond donors (Lipinski definition) is 0. The largest absolute Gasteiger partial charge is 0.270 e. The Labute approximate surface area is 168 Å². The van der Waals surface area contributed by atoms with Gasteiger partial charge in [0.25, 0.3) is 0 Å². The molecule has 146 valence electrons. The van der Waals surface area contributed by atoms with Gasteiger partial charge in [-0.2, -0.15) is 0 Å². The minimum atomic E-state index is -3.26. The SMILES string of the molecule is CS(=O)(=O)c1ccc(-c2nc(-c3ccc4c(c3)CCN4S(C)(=O)=O)cs2)cc1. The number of sulfonamides is 1. The lowest BCUT2D eigenvalue weighted by Gasteiger charge is -2.16. The van der Waals surface area contributed by atoms with Crippen LogP contribution in [0.2, 0.25) is 0 Å². The minimum absolute atomic E-state index is 0.280. The summed E-state index contributed by atoms with van der Waals surface area (Å²) in [5, 5.41) is 2.75. The molecule has 0 atom stereocenters. The molecule has 3 aromatic rings. The molecule has 9 heteroatoms. The third kappa shape index (κ3) is 3.57. The maximum absolute atomic E-state index is 11.9. The van der Waals surface area contributed by atoms with E-state index in [1.807, 2.05) is 23.6 Å². The maximum Gasteiger partial charge on any atom is 0.232 e. The van der Waals surface area contributed by atoms with Crippen LogP contribution in [0.5, 0.6) is 0 Å². The molecule has 2 aromatic carbocycles. The molecule has 4 rings (SSSR count). The first-order valence-electron chi connectivity index (χ1n) is 8.50. The first-order chi connectivity index (χ1) is 13.1. The van der Waals surface area contributed by atoms with Crippen molar-refractivity contribution in [2.45, 2.75) is 11.3 Å². The molecule has 0 saturated heterocycles. The fourth-order valence-electron chi connectivity index (χ4n) is 3.26. The molecule has 0 saturated carbocycles. The highest BCUT2D eigenvalue weighted by molar-refractivity contribution is 7.92. The molecule has 1 aliphatic heterocycles. The van der Waals surface area contributed by atoms with Crippen molar-refractivity contribution in [3.63, 3.8) is 0 Å². The van der Waals surface area contributed by atoms with Crippen molar-refractivity contribution in [3.05, 3.63) is 53.4 Å². The van der Waals surface area contributed by atoms with Gasteiger partial charge in [0.15, 0.2) is 9.84 Å². The van der Waals surface area contributed by atoms with Crippen molar-refractivity contribution in [1.82, 2.24) is 4.98 Å². The summed E-state index contributed by atoms with van der Waals surface area (Å²) in [6.45, 7) is 0.465. The number of thiazole rings is 1. The highest BCUT2D eigenvalue weighted by Crippen LogP contribution is 2.35. The van der Waals surface area contributed by atoms with Crippen LogP contribution in [0.1, 0.15) is 5.56 Å². The van der Waals surface area contributed by atoms with E-state index < -0.39 is 19.9 Å². The standard InChI is InChI=1S/C19H18N2O4S3/c1-27(22,23)16-6-3-13(4-7-16)19-20-17(12-26-19)14-5-8-18-15(11-14)9-10-21(18)28(2,24)25/h3-8,11-12H,9-10H2,1-2H3. The zero-order valence-corrected chi connectivity index (χ0v) is 17.7. The monoisotopic (exact) mass is 434 g/mol. The van der Waals surface area contributed by atoms with Gasteiger partial charge in [0.05, 0.1) is 22.5 Å². The number of sulfone groups is 1. The Hall–Kier alpha value is -2.23. The Morgan fingerprint density at radius 3 is 2.29 bits per heavy atom. The van der Waals surface area contributed by atoms with E-state index in [1.54, 1.807) is 24.3 Å². The molecule has 0 aliphatic carbocycles. The van der Waals surface area contributed by atoms with Crippen molar-refractivity contribution >= 4 is 36.9 Å². The minimum Gasteiger partial charge on any atom is -0.270 e. The van der Waals surface area contributed by atoms with E-state index in [9.17, 15) is 16.8 Å². The van der Waals surface area contributed by atoms with Crippen LogP contribution in [-0.4, -0.2) is 40.9 Å². The zero-order valence-electron chi connectivity index (χ0n) is 15.3. The lowest BCUT2D eigenvalue weighted by molar-refractivity contribution is 0.597. The van der Waals surface area contributed by atoms with Crippen LogP contribution < -0.4 is 4.31 Å². The average Bonchev–Trinajstić information content (AvgIpc) is 3.27. The maximum atomic E-state index is 11.9. The molecule has 0 N–H and O–H groups in total. The van der Waals surface area contributed by atoms with Crippen LogP contribution >= 0.6 is 11.3 Å². The smallest absolute Gasteiger partial charge is 0.232 e. The number of anilines is 1. The molecule has 1 aromatic heterocycles. The number of rotatable bonds is 4. The third-order valence-electron chi connectivity index (χ3n) is 4.66. The molecular formula is C19H18N2O4S3. The van der Waals surface area contributed by atoms with Crippen LogP contribution in [0.4, 0.5) is 5.69 Å². The highest BCUT2D eigenvalue weighted by Gasteiger charge is 2.26. The molecule has 0 fully saturated rings. The van der Waals surface area contributed by atoms with Crippen molar-refractivity contribution in [2.24, 2.45) is 0 Å². The van der Waals surface area contributed by atoms with Gasteiger partial charge >= 0.3 is 0 Å². The van der Waals surface area contributed by atoms with Gasteiger partial charge in [-0.05, 0) is 36.2 Å². The Morgan fingerprint density at radius 1 is 0.964 bits per heavy atom. The summed E-state index contributed by atoms with van der Waals surface area (Å²) in [5.74, 6) is 0. The molecule has 0 amide bonds. The lowest BCUT2D eigenvalue weighted by Crippen LogP contribution is -2.27. The number of benzene rings is 2. The first-order valence-corrected chi connectivity index (χ1v) is 13.1. The molecule has 2 heterocycles. The Kier molecular flexibility index (Phi) is 4.56. The highest BCUT2D eigenvalue weighted by atomic mass is 32.2. The fourth-order valence-corrected chi connectivity index (χ4v) is 5.68. The van der Waals surface area contributed by atoms with Gasteiger partial charge < -0.3 is 0 Å².